The van der Waals surface area contributed by atoms with E-state index >= 15 is 0 Å². The fraction of sp³-hybridized carbons (Fsp3) is 0.862. The van der Waals surface area contributed by atoms with Crippen molar-refractivity contribution >= 4 is 17.9 Å². The molecule has 6 nitrogen and oxygen atoms in total. The third-order valence-corrected chi connectivity index (χ3v) is 14.1. The average Bonchev–Trinajstić information content (AvgIpc) is 3.37. The first kappa shape index (κ1) is 68.6. The summed E-state index contributed by atoms with van der Waals surface area (Å²) in [4.78, 5) is 38.3. The van der Waals surface area contributed by atoms with Gasteiger partial charge < -0.3 is 14.2 Å². The molecule has 0 rings (SSSR count). The van der Waals surface area contributed by atoms with Crippen molar-refractivity contribution in [1.82, 2.24) is 0 Å². The summed E-state index contributed by atoms with van der Waals surface area (Å²) < 4.78 is 16.9. The molecule has 71 heavy (non-hydrogen) atoms. The highest BCUT2D eigenvalue weighted by Crippen LogP contribution is 2.17. The Morgan fingerprint density at radius 1 is 0.282 bits per heavy atom. The van der Waals surface area contributed by atoms with E-state index in [2.05, 4.69) is 57.2 Å². The summed E-state index contributed by atoms with van der Waals surface area (Å²) in [5.74, 6) is -0.862. The average molecular weight is 998 g/mol. The molecule has 0 unspecified atom stereocenters. The first-order chi connectivity index (χ1) is 35.0. The van der Waals surface area contributed by atoms with Gasteiger partial charge in [0.05, 0.1) is 0 Å². The zero-order valence-electron chi connectivity index (χ0n) is 47.8. The van der Waals surface area contributed by atoms with Crippen LogP contribution in [0.4, 0.5) is 0 Å². The lowest BCUT2D eigenvalue weighted by Gasteiger charge is -2.18. The van der Waals surface area contributed by atoms with Crippen molar-refractivity contribution in [3.63, 3.8) is 0 Å². The van der Waals surface area contributed by atoms with Crippen LogP contribution in [0.3, 0.4) is 0 Å². The van der Waals surface area contributed by atoms with Gasteiger partial charge in [0, 0.05) is 19.3 Å². The molecule has 0 aromatic rings. The van der Waals surface area contributed by atoms with Gasteiger partial charge in [-0.1, -0.05) is 282 Å². The number of allylic oxidation sites excluding steroid dienone is 6. The topological polar surface area (TPSA) is 78.9 Å². The number of rotatable bonds is 58. The molecule has 0 aromatic carbocycles. The third kappa shape index (κ3) is 58.4. The van der Waals surface area contributed by atoms with E-state index in [4.69, 9.17) is 14.2 Å². The molecular formula is C65H120O6. The zero-order valence-corrected chi connectivity index (χ0v) is 47.8. The number of carbonyl (C=O) groups excluding carboxylic acids is 3. The summed E-state index contributed by atoms with van der Waals surface area (Å²) in [6.45, 7) is 6.66. The molecule has 0 heterocycles. The highest BCUT2D eigenvalue weighted by Gasteiger charge is 2.19. The van der Waals surface area contributed by atoms with E-state index in [1.54, 1.807) is 0 Å². The summed E-state index contributed by atoms with van der Waals surface area (Å²) >= 11 is 0. The summed E-state index contributed by atoms with van der Waals surface area (Å²) in [5.41, 5.74) is 0. The van der Waals surface area contributed by atoms with E-state index in [0.29, 0.717) is 19.3 Å². The van der Waals surface area contributed by atoms with Crippen molar-refractivity contribution in [2.75, 3.05) is 13.2 Å². The highest BCUT2D eigenvalue weighted by atomic mass is 16.6. The van der Waals surface area contributed by atoms with Gasteiger partial charge in [-0.25, -0.2) is 0 Å². The predicted octanol–water partition coefficient (Wildman–Crippen LogP) is 21.2. The van der Waals surface area contributed by atoms with Gasteiger partial charge in [-0.05, 0) is 77.0 Å². The second-order valence-corrected chi connectivity index (χ2v) is 21.3. The Morgan fingerprint density at radius 3 is 0.817 bits per heavy atom. The van der Waals surface area contributed by atoms with Gasteiger partial charge in [0.25, 0.3) is 0 Å². The largest absolute Gasteiger partial charge is 0.462 e. The van der Waals surface area contributed by atoms with Crippen LogP contribution in [-0.4, -0.2) is 37.2 Å². The SMILES string of the molecule is CCCCC/C=C\C/C=C\CCCCCCCCCCCC(=O)OC[C@@H](COC(=O)CCCCCCC/C=C\CCCCCCCCC)OC(=O)CCCCCCCCCCCCCCCCCCCC. The minimum absolute atomic E-state index is 0.0730. The standard InChI is InChI=1S/C65H120O6/c1-4-7-10-13-16-19-22-25-28-31-33-35-37-40-43-46-49-52-55-58-64(67)70-61-62(60-69-63(66)57-54-51-48-45-42-39-36-30-27-24-21-18-15-12-9-6-3)71-65(68)59-56-53-50-47-44-41-38-34-32-29-26-23-20-17-14-11-8-5-2/h16,19,25,28,30,36,62H,4-15,17-18,20-24,26-27,29,31-35,37-61H2,1-3H3/b19-16-,28-25-,36-30-/t62-/m1/s1. The molecule has 0 spiro atoms. The normalized spacial score (nSPS) is 12.2. The Morgan fingerprint density at radius 2 is 0.507 bits per heavy atom. The molecule has 6 heteroatoms. The molecular weight excluding hydrogens is 877 g/mol. The van der Waals surface area contributed by atoms with Crippen LogP contribution >= 0.6 is 0 Å². The first-order valence-electron chi connectivity index (χ1n) is 31.5. The van der Waals surface area contributed by atoms with Crippen LogP contribution in [0.25, 0.3) is 0 Å². The molecule has 416 valence electrons. The minimum atomic E-state index is -0.775. The van der Waals surface area contributed by atoms with Crippen LogP contribution in [0, 0.1) is 0 Å². The third-order valence-electron chi connectivity index (χ3n) is 14.1. The lowest BCUT2D eigenvalue weighted by Crippen LogP contribution is -2.30. The molecule has 0 N–H and O–H groups in total. The van der Waals surface area contributed by atoms with Crippen LogP contribution in [0.2, 0.25) is 0 Å². The molecule has 0 fully saturated rings. The predicted molar refractivity (Wildman–Crippen MR) is 307 cm³/mol. The first-order valence-corrected chi connectivity index (χ1v) is 31.5. The van der Waals surface area contributed by atoms with E-state index in [9.17, 15) is 14.4 Å². The van der Waals surface area contributed by atoms with Gasteiger partial charge in [-0.15, -0.1) is 0 Å². The zero-order chi connectivity index (χ0) is 51.4. The van der Waals surface area contributed by atoms with Crippen LogP contribution < -0.4 is 0 Å². The Bertz CT molecular complexity index is 1190. The van der Waals surface area contributed by atoms with Gasteiger partial charge in [-0.3, -0.25) is 14.4 Å². The Hall–Kier alpha value is -2.37. The summed E-state index contributed by atoms with van der Waals surface area (Å²) in [6.07, 6.45) is 72.8. The quantitative estimate of drug-likeness (QED) is 0.0261. The molecule has 0 aliphatic heterocycles. The lowest BCUT2D eigenvalue weighted by atomic mass is 10.0. The second kappa shape index (κ2) is 60.2. The fourth-order valence-corrected chi connectivity index (χ4v) is 9.35. The number of esters is 3. The van der Waals surface area contributed by atoms with Crippen molar-refractivity contribution in [1.29, 1.82) is 0 Å². The van der Waals surface area contributed by atoms with Gasteiger partial charge in [-0.2, -0.15) is 0 Å². The maximum absolute atomic E-state index is 12.9. The highest BCUT2D eigenvalue weighted by molar-refractivity contribution is 5.71. The number of hydrogen-bond acceptors (Lipinski definition) is 6. The summed E-state index contributed by atoms with van der Waals surface area (Å²) in [7, 11) is 0. The van der Waals surface area contributed by atoms with E-state index in [-0.39, 0.29) is 31.1 Å². The second-order valence-electron chi connectivity index (χ2n) is 21.3. The van der Waals surface area contributed by atoms with Crippen LogP contribution in [0.5, 0.6) is 0 Å². The van der Waals surface area contributed by atoms with Crippen molar-refractivity contribution in [3.05, 3.63) is 36.5 Å². The Labute approximate surface area is 442 Å². The summed E-state index contributed by atoms with van der Waals surface area (Å²) in [6, 6.07) is 0. The van der Waals surface area contributed by atoms with Gasteiger partial charge in [0.2, 0.25) is 0 Å². The molecule has 0 saturated heterocycles. The minimum Gasteiger partial charge on any atom is -0.462 e. The molecule has 0 aliphatic carbocycles. The molecule has 0 aliphatic rings. The van der Waals surface area contributed by atoms with Crippen LogP contribution in [0.15, 0.2) is 36.5 Å². The maximum atomic E-state index is 12.9. The van der Waals surface area contributed by atoms with Gasteiger partial charge in [0.15, 0.2) is 6.10 Å². The Kier molecular flexibility index (Phi) is 58.2. The Balaban J connectivity index is 4.34. The van der Waals surface area contributed by atoms with E-state index in [1.807, 2.05) is 0 Å². The van der Waals surface area contributed by atoms with E-state index < -0.39 is 6.10 Å². The van der Waals surface area contributed by atoms with Gasteiger partial charge in [0.1, 0.15) is 13.2 Å². The van der Waals surface area contributed by atoms with Crippen molar-refractivity contribution in [2.24, 2.45) is 0 Å². The number of unbranched alkanes of at least 4 members (excludes halogenated alkanes) is 41. The lowest BCUT2D eigenvalue weighted by molar-refractivity contribution is -0.167. The maximum Gasteiger partial charge on any atom is 0.306 e. The molecule has 0 amide bonds. The monoisotopic (exact) mass is 997 g/mol. The molecule has 0 saturated carbocycles. The molecule has 0 radical (unpaired) electrons. The molecule has 0 aromatic heterocycles. The van der Waals surface area contributed by atoms with Crippen LogP contribution in [-0.2, 0) is 28.6 Å². The number of carbonyl (C=O) groups is 3. The number of hydrogen-bond donors (Lipinski definition) is 0. The van der Waals surface area contributed by atoms with Crippen molar-refractivity contribution in [2.45, 2.75) is 348 Å². The smallest absolute Gasteiger partial charge is 0.306 e. The van der Waals surface area contributed by atoms with Crippen molar-refractivity contribution in [3.8, 4) is 0 Å². The molecule has 1 atom stereocenters. The van der Waals surface area contributed by atoms with E-state index in [0.717, 1.165) is 70.6 Å². The fourth-order valence-electron chi connectivity index (χ4n) is 9.35. The summed E-state index contributed by atoms with van der Waals surface area (Å²) in [5, 5.41) is 0. The molecule has 0 bridgehead atoms. The van der Waals surface area contributed by atoms with Gasteiger partial charge >= 0.3 is 17.9 Å². The van der Waals surface area contributed by atoms with Crippen LogP contribution in [0.1, 0.15) is 342 Å². The van der Waals surface area contributed by atoms with Crippen molar-refractivity contribution < 1.29 is 28.6 Å². The number of ether oxygens (including phenoxy) is 3. The van der Waals surface area contributed by atoms with E-state index in [1.165, 1.54) is 231 Å².